The van der Waals surface area contributed by atoms with E-state index in [0.29, 0.717) is 40.5 Å². The summed E-state index contributed by atoms with van der Waals surface area (Å²) in [5.74, 6) is 3.47. The molecule has 0 aliphatic rings. The van der Waals surface area contributed by atoms with Gasteiger partial charge in [-0.25, -0.2) is 29.9 Å². The van der Waals surface area contributed by atoms with Crippen molar-refractivity contribution < 1.29 is 0 Å². The number of nitrogens with zero attached hydrogens (tertiary/aromatic N) is 7. The summed E-state index contributed by atoms with van der Waals surface area (Å²) < 4.78 is 0. The van der Waals surface area contributed by atoms with E-state index in [4.69, 9.17) is 29.9 Å². The van der Waals surface area contributed by atoms with Crippen molar-refractivity contribution >= 4 is 0 Å². The second-order valence-corrected chi connectivity index (χ2v) is 15.1. The summed E-state index contributed by atoms with van der Waals surface area (Å²) >= 11 is 0. The van der Waals surface area contributed by atoms with Gasteiger partial charge in [-0.15, -0.1) is 0 Å². The van der Waals surface area contributed by atoms with Crippen molar-refractivity contribution in [3.05, 3.63) is 192 Å². The van der Waals surface area contributed by atoms with Gasteiger partial charge in [0.05, 0.1) is 5.56 Å². The van der Waals surface area contributed by atoms with Crippen LogP contribution in [-0.2, 0) is 0 Å². The maximum Gasteiger partial charge on any atom is 0.164 e. The summed E-state index contributed by atoms with van der Waals surface area (Å²) in [4.78, 5) is 29.7. The Balaban J connectivity index is 1.12. The van der Waals surface area contributed by atoms with E-state index < -0.39 is 0 Å². The summed E-state index contributed by atoms with van der Waals surface area (Å²) in [5.41, 5.74) is 13.8. The van der Waals surface area contributed by atoms with Crippen LogP contribution in [0.2, 0.25) is 0 Å². The summed E-state index contributed by atoms with van der Waals surface area (Å²) in [7, 11) is 0. The molecule has 0 saturated carbocycles. The highest BCUT2D eigenvalue weighted by molar-refractivity contribution is 5.85. The van der Waals surface area contributed by atoms with Crippen LogP contribution >= 0.6 is 0 Å². The molecule has 0 aliphatic heterocycles. The topological polar surface area (TPSA) is 101 Å². The quantitative estimate of drug-likeness (QED) is 0.151. The third kappa shape index (κ3) is 7.83. The molecule has 9 rings (SSSR count). The Labute approximate surface area is 349 Å². The Bertz CT molecular complexity index is 2730. The smallest absolute Gasteiger partial charge is 0.164 e. The second-order valence-electron chi connectivity index (χ2n) is 15.1. The minimum absolute atomic E-state index is 0.549. The van der Waals surface area contributed by atoms with Gasteiger partial charge in [-0.2, -0.15) is 5.26 Å². The number of aryl methyl sites for hydroxylation is 4. The number of aromatic nitrogens is 6. The molecule has 9 aromatic rings. The zero-order chi connectivity index (χ0) is 41.2. The van der Waals surface area contributed by atoms with Crippen molar-refractivity contribution in [1.29, 1.82) is 5.26 Å². The summed E-state index contributed by atoms with van der Waals surface area (Å²) in [5, 5.41) is 10.8. The molecule has 286 valence electrons. The number of nitriles is 1. The van der Waals surface area contributed by atoms with Crippen molar-refractivity contribution in [2.24, 2.45) is 0 Å². The Morgan fingerprint density at radius 1 is 0.300 bits per heavy atom. The average molecular weight is 774 g/mol. The van der Waals surface area contributed by atoms with Gasteiger partial charge in [0.15, 0.2) is 34.9 Å². The van der Waals surface area contributed by atoms with E-state index in [-0.39, 0.29) is 0 Å². The van der Waals surface area contributed by atoms with E-state index in [2.05, 4.69) is 82.3 Å². The average Bonchev–Trinajstić information content (AvgIpc) is 3.29. The van der Waals surface area contributed by atoms with Crippen molar-refractivity contribution in [3.63, 3.8) is 0 Å². The highest BCUT2D eigenvalue weighted by atomic mass is 15.0. The van der Waals surface area contributed by atoms with Gasteiger partial charge < -0.3 is 0 Å². The lowest BCUT2D eigenvalue weighted by atomic mass is 9.91. The normalized spacial score (nSPS) is 11.0. The van der Waals surface area contributed by atoms with E-state index in [1.807, 2.05) is 115 Å². The van der Waals surface area contributed by atoms with Gasteiger partial charge in [0.1, 0.15) is 6.07 Å². The Kier molecular flexibility index (Phi) is 10.1. The Hall–Kier alpha value is -7.95. The standard InChI is InChI=1S/C53H39N7/c1-33-14-22-37(23-15-33)48-55-49(38-24-16-34(2)17-25-38)58-52(57-48)43-10-5-8-41(30-43)45-12-7-13-46(47(45)32-54)42-9-6-11-44(31-42)53-59-50(39-26-18-35(3)19-27-39)56-51(60-53)40-28-20-36(4)21-29-40/h5-31H,1-4H3. The predicted octanol–water partition coefficient (Wildman–Crippen LogP) is 12.5. The summed E-state index contributed by atoms with van der Waals surface area (Å²) in [6.45, 7) is 8.25. The zero-order valence-electron chi connectivity index (χ0n) is 33.7. The largest absolute Gasteiger partial charge is 0.208 e. The first-order valence-electron chi connectivity index (χ1n) is 19.8. The molecule has 60 heavy (non-hydrogen) atoms. The van der Waals surface area contributed by atoms with Gasteiger partial charge in [0.2, 0.25) is 0 Å². The molecule has 0 atom stereocenters. The minimum Gasteiger partial charge on any atom is -0.208 e. The van der Waals surface area contributed by atoms with Gasteiger partial charge in [0.25, 0.3) is 0 Å². The fraction of sp³-hybridized carbons (Fsp3) is 0.0755. The van der Waals surface area contributed by atoms with E-state index in [1.54, 1.807) is 0 Å². The zero-order valence-corrected chi connectivity index (χ0v) is 33.7. The molecule has 0 fully saturated rings. The molecular formula is C53H39N7. The molecule has 0 radical (unpaired) electrons. The van der Waals surface area contributed by atoms with Gasteiger partial charge in [-0.1, -0.05) is 174 Å². The van der Waals surface area contributed by atoms with Crippen LogP contribution in [0.25, 0.3) is 90.6 Å². The maximum atomic E-state index is 10.8. The molecule has 0 N–H and O–H groups in total. The SMILES string of the molecule is Cc1ccc(-c2nc(-c3ccc(C)cc3)nc(-c3cccc(-c4cccc(-c5cccc(-c6nc(-c7ccc(C)cc7)nc(-c7ccc(C)cc7)n6)c5)c4C#N)c3)n2)cc1. The molecule has 0 bridgehead atoms. The van der Waals surface area contributed by atoms with Crippen LogP contribution in [0.1, 0.15) is 27.8 Å². The second kappa shape index (κ2) is 16.1. The summed E-state index contributed by atoms with van der Waals surface area (Å²) in [6, 6.07) is 57.4. The lowest BCUT2D eigenvalue weighted by Gasteiger charge is -2.13. The van der Waals surface area contributed by atoms with Crippen LogP contribution in [0, 0.1) is 39.0 Å². The van der Waals surface area contributed by atoms with Crippen LogP contribution in [0.5, 0.6) is 0 Å². The van der Waals surface area contributed by atoms with Crippen LogP contribution in [-0.4, -0.2) is 29.9 Å². The van der Waals surface area contributed by atoms with Crippen LogP contribution in [0.4, 0.5) is 0 Å². The van der Waals surface area contributed by atoms with Gasteiger partial charge in [0, 0.05) is 44.5 Å². The van der Waals surface area contributed by atoms with E-state index in [0.717, 1.165) is 77.9 Å². The Morgan fingerprint density at radius 3 is 0.833 bits per heavy atom. The molecule has 0 amide bonds. The van der Waals surface area contributed by atoms with Crippen LogP contribution in [0.3, 0.4) is 0 Å². The summed E-state index contributed by atoms with van der Waals surface area (Å²) in [6.07, 6.45) is 0. The molecule has 2 aromatic heterocycles. The van der Waals surface area contributed by atoms with Crippen molar-refractivity contribution in [1.82, 2.24) is 29.9 Å². The van der Waals surface area contributed by atoms with Crippen LogP contribution in [0.15, 0.2) is 164 Å². The minimum atomic E-state index is 0.549. The van der Waals surface area contributed by atoms with Gasteiger partial charge >= 0.3 is 0 Å². The van der Waals surface area contributed by atoms with E-state index in [9.17, 15) is 5.26 Å². The molecular weight excluding hydrogens is 735 g/mol. The molecule has 7 nitrogen and oxygen atoms in total. The fourth-order valence-corrected chi connectivity index (χ4v) is 7.14. The first-order valence-corrected chi connectivity index (χ1v) is 19.8. The van der Waals surface area contributed by atoms with Gasteiger partial charge in [-0.3, -0.25) is 0 Å². The van der Waals surface area contributed by atoms with E-state index >= 15 is 0 Å². The molecule has 7 aromatic carbocycles. The van der Waals surface area contributed by atoms with Crippen LogP contribution < -0.4 is 0 Å². The third-order valence-electron chi connectivity index (χ3n) is 10.5. The maximum absolute atomic E-state index is 10.8. The number of rotatable bonds is 8. The van der Waals surface area contributed by atoms with E-state index in [1.165, 1.54) is 0 Å². The van der Waals surface area contributed by atoms with Crippen molar-refractivity contribution in [3.8, 4) is 96.7 Å². The number of hydrogen-bond acceptors (Lipinski definition) is 7. The highest BCUT2D eigenvalue weighted by Crippen LogP contribution is 2.36. The lowest BCUT2D eigenvalue weighted by molar-refractivity contribution is 1.07. The lowest BCUT2D eigenvalue weighted by Crippen LogP contribution is -2.00. The molecule has 0 aliphatic carbocycles. The molecule has 0 saturated heterocycles. The first kappa shape index (κ1) is 37.6. The molecule has 0 unspecified atom stereocenters. The molecule has 0 spiro atoms. The van der Waals surface area contributed by atoms with Gasteiger partial charge in [-0.05, 0) is 51.0 Å². The van der Waals surface area contributed by atoms with Crippen molar-refractivity contribution in [2.45, 2.75) is 27.7 Å². The number of hydrogen-bond donors (Lipinski definition) is 0. The van der Waals surface area contributed by atoms with Crippen molar-refractivity contribution in [2.75, 3.05) is 0 Å². The molecule has 7 heteroatoms. The highest BCUT2D eigenvalue weighted by Gasteiger charge is 2.18. The fourth-order valence-electron chi connectivity index (χ4n) is 7.14. The Morgan fingerprint density at radius 2 is 0.550 bits per heavy atom. The monoisotopic (exact) mass is 773 g/mol. The predicted molar refractivity (Wildman–Crippen MR) is 240 cm³/mol. The first-order chi connectivity index (χ1) is 29.3. The number of benzene rings is 7. The third-order valence-corrected chi connectivity index (χ3v) is 10.5. The molecule has 2 heterocycles.